The van der Waals surface area contributed by atoms with Crippen molar-refractivity contribution in [3.05, 3.63) is 23.8 Å². The molecule has 0 atom stereocenters. The van der Waals surface area contributed by atoms with Crippen LogP contribution in [0.1, 0.15) is 39.1 Å². The molecule has 16 heavy (non-hydrogen) atoms. The molecule has 4 heteroatoms. The molecule has 0 amide bonds. The summed E-state index contributed by atoms with van der Waals surface area (Å²) in [5, 5.41) is 0. The first-order valence-electron chi connectivity index (χ1n) is 5.21. The van der Waals surface area contributed by atoms with Crippen molar-refractivity contribution in [1.29, 1.82) is 0 Å². The average Bonchev–Trinajstić information content (AvgIpc) is 2.25. The molecule has 0 fully saturated rings. The van der Waals surface area contributed by atoms with Crippen LogP contribution in [0.25, 0.3) is 0 Å². The minimum atomic E-state index is -0.865. The predicted molar refractivity (Wildman–Crippen MR) is 58.1 cm³/mol. The summed E-state index contributed by atoms with van der Waals surface area (Å²) in [7, 11) is 0. The summed E-state index contributed by atoms with van der Waals surface area (Å²) in [6.45, 7) is 6.87. The van der Waals surface area contributed by atoms with Gasteiger partial charge in [-0.2, -0.15) is 0 Å². The zero-order valence-corrected chi connectivity index (χ0v) is 9.87. The number of Topliss-reactive ketones (excluding diaryl/α,β-unsaturated/α-hetero) is 2. The topological polar surface area (TPSA) is 59.9 Å². The molecule has 1 heterocycles. The Labute approximate surface area is 94.1 Å². The second-order valence-corrected chi connectivity index (χ2v) is 5.16. The maximum Gasteiger partial charge on any atom is 0.210 e. The number of nitrogens with zero attached hydrogens (tertiary/aromatic N) is 2. The summed E-state index contributed by atoms with van der Waals surface area (Å²) < 4.78 is 0. The first kappa shape index (κ1) is 10.9. The molecule has 0 unspecified atom stereocenters. The molecule has 1 aromatic heterocycles. The fourth-order valence-corrected chi connectivity index (χ4v) is 2.04. The fraction of sp³-hybridized carbons (Fsp3) is 0.500. The molecular formula is C12H14N2O2. The van der Waals surface area contributed by atoms with Crippen LogP contribution in [0.5, 0.6) is 0 Å². The van der Waals surface area contributed by atoms with Gasteiger partial charge in [0.25, 0.3) is 0 Å². The van der Waals surface area contributed by atoms with Gasteiger partial charge in [-0.15, -0.1) is 0 Å². The first-order chi connectivity index (χ1) is 7.29. The SMILES string of the molecule is CC1(C)C(=O)C(=O)C(C)(C)c2nccnc21. The minimum absolute atomic E-state index is 0.384. The predicted octanol–water partition coefficient (Wildman–Crippen LogP) is 1.18. The van der Waals surface area contributed by atoms with E-state index in [1.807, 2.05) is 0 Å². The van der Waals surface area contributed by atoms with Gasteiger partial charge in [0.05, 0.1) is 22.2 Å². The Hall–Kier alpha value is -1.58. The van der Waals surface area contributed by atoms with Gasteiger partial charge in [0.2, 0.25) is 11.6 Å². The van der Waals surface area contributed by atoms with E-state index in [0.717, 1.165) is 0 Å². The van der Waals surface area contributed by atoms with Crippen molar-refractivity contribution >= 4 is 11.6 Å². The number of carbonyl (C=O) groups excluding carboxylic acids is 2. The summed E-state index contributed by atoms with van der Waals surface area (Å²) in [5.41, 5.74) is -0.499. The Bertz CT molecular complexity index is 445. The molecule has 4 nitrogen and oxygen atoms in total. The van der Waals surface area contributed by atoms with E-state index in [1.54, 1.807) is 40.1 Å². The Morgan fingerprint density at radius 3 is 1.44 bits per heavy atom. The third kappa shape index (κ3) is 1.16. The monoisotopic (exact) mass is 218 g/mol. The summed E-state index contributed by atoms with van der Waals surface area (Å²) >= 11 is 0. The van der Waals surface area contributed by atoms with Gasteiger partial charge in [-0.25, -0.2) is 0 Å². The van der Waals surface area contributed by atoms with Crippen LogP contribution >= 0.6 is 0 Å². The highest BCUT2D eigenvalue weighted by Crippen LogP contribution is 2.38. The van der Waals surface area contributed by atoms with E-state index in [9.17, 15) is 9.59 Å². The van der Waals surface area contributed by atoms with Crippen molar-refractivity contribution in [3.8, 4) is 0 Å². The molecule has 0 saturated carbocycles. The number of carbonyl (C=O) groups is 2. The van der Waals surface area contributed by atoms with Crippen LogP contribution in [0, 0.1) is 0 Å². The van der Waals surface area contributed by atoms with E-state index in [0.29, 0.717) is 11.4 Å². The van der Waals surface area contributed by atoms with Gasteiger partial charge >= 0.3 is 0 Å². The third-order valence-electron chi connectivity index (χ3n) is 3.22. The van der Waals surface area contributed by atoms with Crippen LogP contribution < -0.4 is 0 Å². The van der Waals surface area contributed by atoms with E-state index >= 15 is 0 Å². The highest BCUT2D eigenvalue weighted by atomic mass is 16.2. The maximum absolute atomic E-state index is 12.0. The van der Waals surface area contributed by atoms with Crippen molar-refractivity contribution < 1.29 is 9.59 Å². The maximum atomic E-state index is 12.0. The highest BCUT2D eigenvalue weighted by Gasteiger charge is 2.51. The van der Waals surface area contributed by atoms with Gasteiger partial charge in [0.15, 0.2) is 0 Å². The van der Waals surface area contributed by atoms with Crippen molar-refractivity contribution in [1.82, 2.24) is 9.97 Å². The molecule has 0 spiro atoms. The first-order valence-corrected chi connectivity index (χ1v) is 5.21. The van der Waals surface area contributed by atoms with Crippen molar-refractivity contribution in [2.75, 3.05) is 0 Å². The minimum Gasteiger partial charge on any atom is -0.290 e. The summed E-state index contributed by atoms with van der Waals surface area (Å²) in [6, 6.07) is 0. The number of rotatable bonds is 0. The summed E-state index contributed by atoms with van der Waals surface area (Å²) in [6.07, 6.45) is 3.11. The van der Waals surface area contributed by atoms with Crippen LogP contribution in [-0.2, 0) is 20.4 Å². The quantitative estimate of drug-likeness (QED) is 0.613. The summed E-state index contributed by atoms with van der Waals surface area (Å²) in [5.74, 6) is -0.768. The lowest BCUT2D eigenvalue weighted by atomic mass is 9.65. The molecule has 0 N–H and O–H groups in total. The molecule has 1 aliphatic rings. The Morgan fingerprint density at radius 2 is 1.12 bits per heavy atom. The van der Waals surface area contributed by atoms with E-state index in [1.165, 1.54) is 0 Å². The second-order valence-electron chi connectivity index (χ2n) is 5.16. The third-order valence-corrected chi connectivity index (χ3v) is 3.22. The van der Waals surface area contributed by atoms with Gasteiger partial charge in [0.1, 0.15) is 0 Å². The van der Waals surface area contributed by atoms with Gasteiger partial charge in [0, 0.05) is 12.4 Å². The van der Waals surface area contributed by atoms with Crippen LogP contribution in [0.2, 0.25) is 0 Å². The largest absolute Gasteiger partial charge is 0.290 e. The van der Waals surface area contributed by atoms with Gasteiger partial charge in [-0.1, -0.05) is 0 Å². The molecule has 0 radical (unpaired) electrons. The van der Waals surface area contributed by atoms with E-state index in [2.05, 4.69) is 9.97 Å². The van der Waals surface area contributed by atoms with E-state index in [-0.39, 0.29) is 11.6 Å². The Balaban J connectivity index is 2.80. The smallest absolute Gasteiger partial charge is 0.210 e. The van der Waals surface area contributed by atoms with Crippen LogP contribution in [-0.4, -0.2) is 21.5 Å². The normalized spacial score (nSPS) is 21.8. The van der Waals surface area contributed by atoms with Gasteiger partial charge in [-0.3, -0.25) is 19.6 Å². The zero-order chi connectivity index (χ0) is 12.1. The number of hydrogen-bond donors (Lipinski definition) is 0. The number of fused-ring (bicyclic) bond motifs is 1. The molecule has 1 aromatic rings. The molecule has 1 aliphatic carbocycles. The molecule has 0 bridgehead atoms. The highest BCUT2D eigenvalue weighted by molar-refractivity contribution is 6.44. The second kappa shape index (κ2) is 2.97. The molecule has 0 saturated heterocycles. The van der Waals surface area contributed by atoms with E-state index < -0.39 is 10.8 Å². The fourth-order valence-electron chi connectivity index (χ4n) is 2.04. The molecule has 84 valence electrons. The van der Waals surface area contributed by atoms with Crippen molar-refractivity contribution in [2.24, 2.45) is 0 Å². The molecular weight excluding hydrogens is 204 g/mol. The van der Waals surface area contributed by atoms with Gasteiger partial charge < -0.3 is 0 Å². The van der Waals surface area contributed by atoms with Crippen molar-refractivity contribution in [3.63, 3.8) is 0 Å². The standard InChI is InChI=1S/C12H14N2O2/c1-11(2)7-8(14-6-5-13-7)12(3,4)10(16)9(11)15/h5-6H,1-4H3. The Morgan fingerprint density at radius 1 is 0.812 bits per heavy atom. The summed E-state index contributed by atoms with van der Waals surface area (Å²) in [4.78, 5) is 32.4. The lowest BCUT2D eigenvalue weighted by Gasteiger charge is -2.36. The van der Waals surface area contributed by atoms with Crippen molar-refractivity contribution in [2.45, 2.75) is 38.5 Å². The number of ketones is 2. The molecule has 0 aliphatic heterocycles. The Kier molecular flexibility index (Phi) is 2.02. The van der Waals surface area contributed by atoms with Gasteiger partial charge in [-0.05, 0) is 27.7 Å². The molecule has 2 rings (SSSR count). The van der Waals surface area contributed by atoms with Crippen LogP contribution in [0.15, 0.2) is 12.4 Å². The van der Waals surface area contributed by atoms with E-state index in [4.69, 9.17) is 0 Å². The number of hydrogen-bond acceptors (Lipinski definition) is 4. The zero-order valence-electron chi connectivity index (χ0n) is 9.87. The lowest BCUT2D eigenvalue weighted by Crippen LogP contribution is -2.51. The lowest BCUT2D eigenvalue weighted by molar-refractivity contribution is -0.143. The molecule has 0 aromatic carbocycles. The van der Waals surface area contributed by atoms with Crippen LogP contribution in [0.4, 0.5) is 0 Å². The average molecular weight is 218 g/mol. The number of aromatic nitrogens is 2. The van der Waals surface area contributed by atoms with Crippen LogP contribution in [0.3, 0.4) is 0 Å².